The molecule has 0 atom stereocenters. The molecule has 0 radical (unpaired) electrons. The Morgan fingerprint density at radius 3 is 2.79 bits per heavy atom. The zero-order valence-electron chi connectivity index (χ0n) is 14.3. The predicted octanol–water partition coefficient (Wildman–Crippen LogP) is 4.30. The molecule has 0 unspecified atom stereocenters. The van der Waals surface area contributed by atoms with Crippen LogP contribution in [0.25, 0.3) is 17.0 Å². The van der Waals surface area contributed by atoms with Crippen LogP contribution in [0.3, 0.4) is 0 Å². The Balaban J connectivity index is 1.68. The van der Waals surface area contributed by atoms with Gasteiger partial charge in [0.05, 0.1) is 29.8 Å². The molecule has 0 spiro atoms. The zero-order valence-corrected chi connectivity index (χ0v) is 15.2. The molecule has 28 heavy (non-hydrogen) atoms. The van der Waals surface area contributed by atoms with E-state index >= 15 is 0 Å². The maximum absolute atomic E-state index is 12.9. The summed E-state index contributed by atoms with van der Waals surface area (Å²) >= 11 is 1.21. The van der Waals surface area contributed by atoms with Gasteiger partial charge in [0.25, 0.3) is 5.56 Å². The van der Waals surface area contributed by atoms with Crippen molar-refractivity contribution in [1.82, 2.24) is 9.55 Å². The van der Waals surface area contributed by atoms with Crippen LogP contribution in [0.2, 0.25) is 0 Å². The second-order valence-corrected chi connectivity index (χ2v) is 6.61. The van der Waals surface area contributed by atoms with Crippen molar-refractivity contribution in [2.45, 2.75) is 11.7 Å². The van der Waals surface area contributed by atoms with Crippen molar-refractivity contribution in [2.24, 2.45) is 0 Å². The number of furan rings is 2. The fourth-order valence-electron chi connectivity index (χ4n) is 2.63. The molecule has 3 aromatic heterocycles. The first-order chi connectivity index (χ1) is 13.6. The summed E-state index contributed by atoms with van der Waals surface area (Å²) in [6, 6.07) is 13.4. The Hall–Kier alpha value is -3.59. The lowest BCUT2D eigenvalue weighted by Gasteiger charge is -2.10. The predicted molar refractivity (Wildman–Crippen MR) is 104 cm³/mol. The van der Waals surface area contributed by atoms with Gasteiger partial charge in [-0.2, -0.15) is 0 Å². The van der Waals surface area contributed by atoms with Crippen LogP contribution in [0, 0.1) is 10.1 Å². The van der Waals surface area contributed by atoms with Gasteiger partial charge >= 0.3 is 5.88 Å². The summed E-state index contributed by atoms with van der Waals surface area (Å²) in [5.41, 5.74) is 0.416. The van der Waals surface area contributed by atoms with Gasteiger partial charge in [-0.15, -0.1) is 0 Å². The van der Waals surface area contributed by atoms with Crippen molar-refractivity contribution >= 4 is 34.6 Å². The molecule has 0 aliphatic carbocycles. The largest absolute Gasteiger partial charge is 0.467 e. The highest BCUT2D eigenvalue weighted by atomic mass is 32.2. The molecule has 4 rings (SSSR count). The highest BCUT2D eigenvalue weighted by Gasteiger charge is 2.13. The van der Waals surface area contributed by atoms with Gasteiger partial charge in [-0.1, -0.05) is 23.9 Å². The number of thioether (sulfide) groups is 1. The van der Waals surface area contributed by atoms with Crippen LogP contribution in [0.1, 0.15) is 11.5 Å². The molecule has 0 aliphatic rings. The fraction of sp³-hybridized carbons (Fsp3) is 0.0526. The SMILES string of the molecule is O=c1c2ccccc2nc(S/C=C/c2ccc([N+](=O)[O-])o2)n1Cc1ccco1. The van der Waals surface area contributed by atoms with E-state index in [-0.39, 0.29) is 18.0 Å². The summed E-state index contributed by atoms with van der Waals surface area (Å²) in [6.07, 6.45) is 3.13. The van der Waals surface area contributed by atoms with Crippen molar-refractivity contribution in [1.29, 1.82) is 0 Å². The molecule has 0 N–H and O–H groups in total. The summed E-state index contributed by atoms with van der Waals surface area (Å²) in [6.45, 7) is 0.242. The molecule has 1 aromatic carbocycles. The van der Waals surface area contributed by atoms with Crippen molar-refractivity contribution in [3.63, 3.8) is 0 Å². The van der Waals surface area contributed by atoms with Gasteiger partial charge in [-0.05, 0) is 41.8 Å². The summed E-state index contributed by atoms with van der Waals surface area (Å²) in [4.78, 5) is 27.6. The summed E-state index contributed by atoms with van der Waals surface area (Å²) in [5.74, 6) is 0.634. The van der Waals surface area contributed by atoms with Gasteiger partial charge in [0, 0.05) is 0 Å². The van der Waals surface area contributed by atoms with Gasteiger partial charge in [0.2, 0.25) is 0 Å². The fourth-order valence-corrected chi connectivity index (χ4v) is 3.38. The van der Waals surface area contributed by atoms with Crippen molar-refractivity contribution < 1.29 is 13.8 Å². The molecule has 0 amide bonds. The standard InChI is InChI=1S/C19H13N3O5S/c23-18-15-5-1-2-6-16(15)20-19(21(18)12-14-4-3-10-26-14)28-11-9-13-7-8-17(27-13)22(24)25/h1-11H,12H2/b11-9+. The lowest BCUT2D eigenvalue weighted by atomic mass is 10.2. The average molecular weight is 395 g/mol. The van der Waals surface area contributed by atoms with E-state index in [2.05, 4.69) is 4.98 Å². The smallest absolute Gasteiger partial charge is 0.433 e. The monoisotopic (exact) mass is 395 g/mol. The molecule has 0 bridgehead atoms. The first-order valence-corrected chi connectivity index (χ1v) is 9.09. The summed E-state index contributed by atoms with van der Waals surface area (Å²) < 4.78 is 12.0. The van der Waals surface area contributed by atoms with E-state index in [1.807, 2.05) is 6.07 Å². The molecule has 8 nitrogen and oxygen atoms in total. The number of nitrogens with zero attached hydrogens (tertiary/aromatic N) is 3. The van der Waals surface area contributed by atoms with Gasteiger partial charge < -0.3 is 8.83 Å². The van der Waals surface area contributed by atoms with Crippen LogP contribution in [0.5, 0.6) is 0 Å². The maximum Gasteiger partial charge on any atom is 0.433 e. The first-order valence-electron chi connectivity index (χ1n) is 8.21. The van der Waals surface area contributed by atoms with Crippen LogP contribution in [0.15, 0.2) is 79.0 Å². The van der Waals surface area contributed by atoms with Crippen LogP contribution in [-0.4, -0.2) is 14.5 Å². The van der Waals surface area contributed by atoms with Crippen molar-refractivity contribution in [2.75, 3.05) is 0 Å². The van der Waals surface area contributed by atoms with Crippen LogP contribution in [0.4, 0.5) is 5.88 Å². The van der Waals surface area contributed by atoms with E-state index in [0.29, 0.717) is 27.6 Å². The van der Waals surface area contributed by atoms with E-state index in [9.17, 15) is 14.9 Å². The Bertz CT molecular complexity index is 1220. The minimum atomic E-state index is -0.601. The number of fused-ring (bicyclic) bond motifs is 1. The Morgan fingerprint density at radius 1 is 1.18 bits per heavy atom. The first kappa shape index (κ1) is 17.8. The van der Waals surface area contributed by atoms with Gasteiger partial charge in [0.1, 0.15) is 16.4 Å². The van der Waals surface area contributed by atoms with Gasteiger partial charge in [-0.3, -0.25) is 19.5 Å². The molecule has 0 saturated carbocycles. The van der Waals surface area contributed by atoms with Crippen molar-refractivity contribution in [3.05, 3.63) is 92.2 Å². The minimum absolute atomic E-state index is 0.175. The molecule has 4 aromatic rings. The normalized spacial score (nSPS) is 11.4. The quantitative estimate of drug-likeness (QED) is 0.207. The third-order valence-corrected chi connectivity index (χ3v) is 4.71. The average Bonchev–Trinajstić information content (AvgIpc) is 3.37. The van der Waals surface area contributed by atoms with E-state index in [1.54, 1.807) is 48.1 Å². The van der Waals surface area contributed by atoms with Crippen molar-refractivity contribution in [3.8, 4) is 0 Å². The van der Waals surface area contributed by atoms with Crippen LogP contribution < -0.4 is 5.56 Å². The Labute approximate surface area is 162 Å². The molecule has 9 heteroatoms. The Kier molecular flexibility index (Phi) is 4.81. The number of aromatic nitrogens is 2. The number of hydrogen-bond acceptors (Lipinski definition) is 7. The highest BCUT2D eigenvalue weighted by Crippen LogP contribution is 2.23. The molecule has 140 valence electrons. The van der Waals surface area contributed by atoms with Crippen LogP contribution >= 0.6 is 11.8 Å². The molecule has 3 heterocycles. The molecular weight excluding hydrogens is 382 g/mol. The summed E-state index contributed by atoms with van der Waals surface area (Å²) in [7, 11) is 0. The van der Waals surface area contributed by atoms with Gasteiger partial charge in [-0.25, -0.2) is 4.98 Å². The number of hydrogen-bond donors (Lipinski definition) is 0. The van der Waals surface area contributed by atoms with Crippen LogP contribution in [-0.2, 0) is 6.54 Å². The lowest BCUT2D eigenvalue weighted by Crippen LogP contribution is -2.23. The number of para-hydroxylation sites is 1. The maximum atomic E-state index is 12.9. The second kappa shape index (κ2) is 7.57. The van der Waals surface area contributed by atoms with E-state index in [0.717, 1.165) is 0 Å². The molecular formula is C19H13N3O5S. The van der Waals surface area contributed by atoms with E-state index < -0.39 is 4.92 Å². The molecule has 0 fully saturated rings. The van der Waals surface area contributed by atoms with Gasteiger partial charge in [0.15, 0.2) is 5.16 Å². The third kappa shape index (κ3) is 3.60. The second-order valence-electron chi connectivity index (χ2n) is 5.74. The number of rotatable bonds is 6. The number of nitro groups is 1. The van der Waals surface area contributed by atoms with E-state index in [1.165, 1.54) is 28.5 Å². The zero-order chi connectivity index (χ0) is 19.5. The minimum Gasteiger partial charge on any atom is -0.467 e. The lowest BCUT2D eigenvalue weighted by molar-refractivity contribution is -0.402. The highest BCUT2D eigenvalue weighted by molar-refractivity contribution is 8.02. The molecule has 0 saturated heterocycles. The Morgan fingerprint density at radius 2 is 2.04 bits per heavy atom. The molecule has 0 aliphatic heterocycles. The van der Waals surface area contributed by atoms with E-state index in [4.69, 9.17) is 8.83 Å². The topological polar surface area (TPSA) is 104 Å². The summed E-state index contributed by atoms with van der Waals surface area (Å²) in [5, 5.41) is 13.3. The third-order valence-electron chi connectivity index (χ3n) is 3.92. The number of benzene rings is 1.